The number of hydrogen-bond acceptors (Lipinski definition) is 3. The molecule has 0 aliphatic heterocycles. The second-order valence-corrected chi connectivity index (χ2v) is 6.50. The number of rotatable bonds is 6. The maximum Gasteiger partial charge on any atom is 0.251 e. The number of nitrogens with one attached hydrogen (secondary N) is 3. The number of carbonyl (C=O) groups excluding carboxylic acids is 2. The zero-order valence-corrected chi connectivity index (χ0v) is 15.3. The lowest BCUT2D eigenvalue weighted by Gasteiger charge is -2.11. The van der Waals surface area contributed by atoms with Gasteiger partial charge >= 0.3 is 0 Å². The summed E-state index contributed by atoms with van der Waals surface area (Å²) in [7, 11) is 0. The molecule has 5 nitrogen and oxygen atoms in total. The third kappa shape index (κ3) is 5.80. The van der Waals surface area contributed by atoms with E-state index in [1.54, 1.807) is 36.4 Å². The monoisotopic (exact) mass is 359 g/mol. The predicted molar refractivity (Wildman–Crippen MR) is 102 cm³/mol. The Hall–Kier alpha value is -2.53. The van der Waals surface area contributed by atoms with Crippen LogP contribution in [0.25, 0.3) is 0 Å². The molecule has 0 aromatic heterocycles. The first kappa shape index (κ1) is 18.8. The minimum absolute atomic E-state index is 0.0768. The van der Waals surface area contributed by atoms with Crippen molar-refractivity contribution in [3.05, 3.63) is 58.6 Å². The standard InChI is InChI=1S/C19H22ClN3O2/c1-12(2)22-19(25)14-5-8-16(9-6-14)23-18(24)11-21-17-10-15(20)7-4-13(17)3/h4-10,12,21H,11H2,1-3H3,(H,22,25)(H,23,24). The summed E-state index contributed by atoms with van der Waals surface area (Å²) in [6, 6.07) is 12.3. The van der Waals surface area contributed by atoms with Crippen LogP contribution >= 0.6 is 11.6 Å². The van der Waals surface area contributed by atoms with E-state index in [-0.39, 0.29) is 24.4 Å². The molecule has 0 bridgehead atoms. The van der Waals surface area contributed by atoms with Gasteiger partial charge in [0.05, 0.1) is 6.54 Å². The van der Waals surface area contributed by atoms with Gasteiger partial charge in [-0.15, -0.1) is 0 Å². The van der Waals surface area contributed by atoms with Gasteiger partial charge in [0.25, 0.3) is 5.91 Å². The summed E-state index contributed by atoms with van der Waals surface area (Å²) in [5.74, 6) is -0.315. The fraction of sp³-hybridized carbons (Fsp3) is 0.263. The van der Waals surface area contributed by atoms with E-state index in [9.17, 15) is 9.59 Å². The smallest absolute Gasteiger partial charge is 0.251 e. The maximum atomic E-state index is 12.1. The summed E-state index contributed by atoms with van der Waals surface area (Å²) in [4.78, 5) is 23.9. The average molecular weight is 360 g/mol. The summed E-state index contributed by atoms with van der Waals surface area (Å²) in [5, 5.41) is 9.29. The second kappa shape index (κ2) is 8.53. The lowest BCUT2D eigenvalue weighted by Crippen LogP contribution is -2.30. The van der Waals surface area contributed by atoms with Crippen molar-refractivity contribution in [1.82, 2.24) is 5.32 Å². The number of benzene rings is 2. The van der Waals surface area contributed by atoms with Crippen molar-refractivity contribution in [2.45, 2.75) is 26.8 Å². The van der Waals surface area contributed by atoms with Gasteiger partial charge in [-0.25, -0.2) is 0 Å². The van der Waals surface area contributed by atoms with Gasteiger partial charge in [-0.1, -0.05) is 17.7 Å². The van der Waals surface area contributed by atoms with E-state index in [2.05, 4.69) is 16.0 Å². The van der Waals surface area contributed by atoms with Crippen LogP contribution in [0, 0.1) is 6.92 Å². The molecule has 0 heterocycles. The van der Waals surface area contributed by atoms with Crippen LogP contribution in [0.1, 0.15) is 29.8 Å². The highest BCUT2D eigenvalue weighted by Gasteiger charge is 2.08. The number of aryl methyl sites for hydroxylation is 1. The highest BCUT2D eigenvalue weighted by atomic mass is 35.5. The lowest BCUT2D eigenvalue weighted by molar-refractivity contribution is -0.114. The molecule has 132 valence electrons. The fourth-order valence-electron chi connectivity index (χ4n) is 2.22. The molecule has 0 aliphatic carbocycles. The minimum atomic E-state index is -0.182. The molecule has 25 heavy (non-hydrogen) atoms. The van der Waals surface area contributed by atoms with E-state index in [0.717, 1.165) is 11.3 Å². The van der Waals surface area contributed by atoms with Gasteiger partial charge in [0.2, 0.25) is 5.91 Å². The summed E-state index contributed by atoms with van der Waals surface area (Å²) in [6.07, 6.45) is 0. The van der Waals surface area contributed by atoms with E-state index in [4.69, 9.17) is 11.6 Å². The van der Waals surface area contributed by atoms with Crippen molar-refractivity contribution in [3.8, 4) is 0 Å². The highest BCUT2D eigenvalue weighted by molar-refractivity contribution is 6.30. The van der Waals surface area contributed by atoms with Gasteiger partial charge in [0.15, 0.2) is 0 Å². The molecule has 2 amide bonds. The van der Waals surface area contributed by atoms with Crippen LogP contribution in [0.5, 0.6) is 0 Å². The Balaban J connectivity index is 1.90. The van der Waals surface area contributed by atoms with Crippen molar-refractivity contribution >= 4 is 34.8 Å². The minimum Gasteiger partial charge on any atom is -0.376 e. The van der Waals surface area contributed by atoms with E-state index >= 15 is 0 Å². The topological polar surface area (TPSA) is 70.2 Å². The molecular weight excluding hydrogens is 338 g/mol. The zero-order chi connectivity index (χ0) is 18.4. The van der Waals surface area contributed by atoms with Crippen molar-refractivity contribution < 1.29 is 9.59 Å². The Bertz CT molecular complexity index is 758. The largest absolute Gasteiger partial charge is 0.376 e. The summed E-state index contributed by atoms with van der Waals surface area (Å²) in [5.41, 5.74) is 3.02. The summed E-state index contributed by atoms with van der Waals surface area (Å²) in [6.45, 7) is 5.87. The number of anilines is 2. The van der Waals surface area contributed by atoms with Crippen molar-refractivity contribution in [1.29, 1.82) is 0 Å². The van der Waals surface area contributed by atoms with Gasteiger partial charge in [-0.2, -0.15) is 0 Å². The Morgan fingerprint density at radius 2 is 1.76 bits per heavy atom. The summed E-state index contributed by atoms with van der Waals surface area (Å²) < 4.78 is 0. The Labute approximate surface area is 152 Å². The molecule has 0 saturated carbocycles. The Kier molecular flexibility index (Phi) is 6.42. The van der Waals surface area contributed by atoms with E-state index < -0.39 is 0 Å². The molecule has 3 N–H and O–H groups in total. The molecule has 0 radical (unpaired) electrons. The quantitative estimate of drug-likeness (QED) is 0.734. The van der Waals surface area contributed by atoms with E-state index in [1.807, 2.05) is 26.8 Å². The van der Waals surface area contributed by atoms with Crippen LogP contribution in [0.3, 0.4) is 0 Å². The average Bonchev–Trinajstić information content (AvgIpc) is 2.55. The predicted octanol–water partition coefficient (Wildman–Crippen LogP) is 3.84. The fourth-order valence-corrected chi connectivity index (χ4v) is 2.39. The normalized spacial score (nSPS) is 10.4. The van der Waals surface area contributed by atoms with Gasteiger partial charge in [0, 0.05) is 28.0 Å². The highest BCUT2D eigenvalue weighted by Crippen LogP contribution is 2.20. The first-order valence-electron chi connectivity index (χ1n) is 8.06. The molecule has 0 atom stereocenters. The number of carbonyl (C=O) groups is 2. The first-order valence-corrected chi connectivity index (χ1v) is 8.44. The van der Waals surface area contributed by atoms with Gasteiger partial charge in [-0.3, -0.25) is 9.59 Å². The maximum absolute atomic E-state index is 12.1. The third-order valence-electron chi connectivity index (χ3n) is 3.49. The van der Waals surface area contributed by atoms with E-state index in [1.165, 1.54) is 0 Å². The van der Waals surface area contributed by atoms with Gasteiger partial charge in [0.1, 0.15) is 0 Å². The zero-order valence-electron chi connectivity index (χ0n) is 14.5. The van der Waals surface area contributed by atoms with Crippen LogP contribution in [0.2, 0.25) is 5.02 Å². The van der Waals surface area contributed by atoms with Crippen LogP contribution in [0.15, 0.2) is 42.5 Å². The van der Waals surface area contributed by atoms with Crippen molar-refractivity contribution in [3.63, 3.8) is 0 Å². The van der Waals surface area contributed by atoms with Crippen LogP contribution in [-0.2, 0) is 4.79 Å². The molecular formula is C19H22ClN3O2. The van der Waals surface area contributed by atoms with Gasteiger partial charge in [-0.05, 0) is 62.7 Å². The van der Waals surface area contributed by atoms with Crippen LogP contribution in [0.4, 0.5) is 11.4 Å². The number of hydrogen-bond donors (Lipinski definition) is 3. The number of halogens is 1. The van der Waals surface area contributed by atoms with Crippen molar-refractivity contribution in [2.24, 2.45) is 0 Å². The second-order valence-electron chi connectivity index (χ2n) is 6.07. The molecule has 0 spiro atoms. The third-order valence-corrected chi connectivity index (χ3v) is 3.72. The SMILES string of the molecule is Cc1ccc(Cl)cc1NCC(=O)Nc1ccc(C(=O)NC(C)C)cc1. The molecule has 2 rings (SSSR count). The van der Waals surface area contributed by atoms with Crippen molar-refractivity contribution in [2.75, 3.05) is 17.2 Å². The molecule has 0 fully saturated rings. The Morgan fingerprint density at radius 3 is 2.40 bits per heavy atom. The number of amides is 2. The molecule has 2 aromatic rings. The molecule has 6 heteroatoms. The van der Waals surface area contributed by atoms with Gasteiger partial charge < -0.3 is 16.0 Å². The molecule has 2 aromatic carbocycles. The molecule has 0 unspecified atom stereocenters. The van der Waals surface area contributed by atoms with Crippen LogP contribution < -0.4 is 16.0 Å². The first-order chi connectivity index (χ1) is 11.8. The molecule has 0 saturated heterocycles. The molecule has 0 aliphatic rings. The Morgan fingerprint density at radius 1 is 1.08 bits per heavy atom. The van der Waals surface area contributed by atoms with E-state index in [0.29, 0.717) is 16.3 Å². The lowest BCUT2D eigenvalue weighted by atomic mass is 10.2. The van der Waals surface area contributed by atoms with Crippen LogP contribution in [-0.4, -0.2) is 24.4 Å². The summed E-state index contributed by atoms with van der Waals surface area (Å²) >= 11 is 5.96.